The van der Waals surface area contributed by atoms with E-state index in [0.717, 1.165) is 24.8 Å². The summed E-state index contributed by atoms with van der Waals surface area (Å²) in [6.45, 7) is 2.17. The highest BCUT2D eigenvalue weighted by Crippen LogP contribution is 2.36. The lowest BCUT2D eigenvalue weighted by molar-refractivity contribution is 0.156. The van der Waals surface area contributed by atoms with Crippen molar-refractivity contribution in [1.29, 1.82) is 0 Å². The average Bonchev–Trinajstić information content (AvgIpc) is 2.84. The van der Waals surface area contributed by atoms with Gasteiger partial charge in [0.25, 0.3) is 0 Å². The van der Waals surface area contributed by atoms with Crippen LogP contribution in [0.3, 0.4) is 0 Å². The van der Waals surface area contributed by atoms with Crippen molar-refractivity contribution in [1.82, 2.24) is 4.57 Å². The van der Waals surface area contributed by atoms with E-state index in [2.05, 4.69) is 35.8 Å². The zero-order valence-corrected chi connectivity index (χ0v) is 12.7. The Morgan fingerprint density at radius 2 is 1.95 bits per heavy atom. The minimum atomic E-state index is -0.270. The van der Waals surface area contributed by atoms with Crippen LogP contribution in [0, 0.1) is 6.92 Å². The predicted molar refractivity (Wildman–Crippen MR) is 85.0 cm³/mol. The van der Waals surface area contributed by atoms with Gasteiger partial charge in [0.2, 0.25) is 0 Å². The van der Waals surface area contributed by atoms with Crippen molar-refractivity contribution in [2.24, 2.45) is 0 Å². The molecule has 0 radical (unpaired) electrons. The first-order valence-corrected chi connectivity index (χ1v) is 8.26. The summed E-state index contributed by atoms with van der Waals surface area (Å²) < 4.78 is 2.42. The van der Waals surface area contributed by atoms with Crippen molar-refractivity contribution in [3.8, 4) is 5.69 Å². The second kappa shape index (κ2) is 5.03. The van der Waals surface area contributed by atoms with E-state index in [1.807, 2.05) is 0 Å². The molecule has 2 aliphatic rings. The van der Waals surface area contributed by atoms with Crippen molar-refractivity contribution in [3.05, 3.63) is 52.3 Å². The Morgan fingerprint density at radius 3 is 2.86 bits per heavy atom. The van der Waals surface area contributed by atoms with E-state index < -0.39 is 0 Å². The average molecular weight is 281 g/mol. The molecule has 2 heteroatoms. The maximum Gasteiger partial charge on any atom is 0.0807 e. The molecule has 0 bridgehead atoms. The Balaban J connectivity index is 1.92. The van der Waals surface area contributed by atoms with Crippen LogP contribution in [-0.4, -0.2) is 9.67 Å². The molecule has 1 unspecified atom stereocenters. The molecule has 4 rings (SSSR count). The van der Waals surface area contributed by atoms with Crippen LogP contribution in [0.2, 0.25) is 0 Å². The second-order valence-corrected chi connectivity index (χ2v) is 6.55. The summed E-state index contributed by atoms with van der Waals surface area (Å²) in [5.74, 6) is 0. The summed E-state index contributed by atoms with van der Waals surface area (Å²) in [7, 11) is 0. The maximum atomic E-state index is 10.3. The summed E-state index contributed by atoms with van der Waals surface area (Å²) >= 11 is 0. The number of aliphatic hydroxyl groups is 1. The predicted octanol–water partition coefficient (Wildman–Crippen LogP) is 4.03. The highest BCUT2D eigenvalue weighted by molar-refractivity contribution is 5.51. The summed E-state index contributed by atoms with van der Waals surface area (Å²) in [6.07, 6.45) is 7.84. The van der Waals surface area contributed by atoms with E-state index in [1.54, 1.807) is 0 Å². The topological polar surface area (TPSA) is 25.2 Å². The number of aryl methyl sites for hydroxylation is 2. The van der Waals surface area contributed by atoms with Crippen molar-refractivity contribution in [2.75, 3.05) is 0 Å². The molecule has 2 aromatic rings. The summed E-state index contributed by atoms with van der Waals surface area (Å²) in [4.78, 5) is 0. The van der Waals surface area contributed by atoms with Gasteiger partial charge in [0.1, 0.15) is 0 Å². The van der Waals surface area contributed by atoms with Crippen molar-refractivity contribution >= 4 is 0 Å². The largest absolute Gasteiger partial charge is 0.388 e. The van der Waals surface area contributed by atoms with Crippen molar-refractivity contribution in [2.45, 2.75) is 58.0 Å². The van der Waals surface area contributed by atoms with Crippen LogP contribution in [0.1, 0.15) is 59.9 Å². The second-order valence-electron chi connectivity index (χ2n) is 6.55. The van der Waals surface area contributed by atoms with Gasteiger partial charge in [-0.25, -0.2) is 0 Å². The normalized spacial score (nSPS) is 21.0. The molecule has 1 aromatic carbocycles. The van der Waals surface area contributed by atoms with Crippen LogP contribution in [-0.2, 0) is 19.3 Å². The number of hydrogen-bond acceptors (Lipinski definition) is 1. The van der Waals surface area contributed by atoms with Crippen LogP contribution in [0.5, 0.6) is 0 Å². The fourth-order valence-corrected chi connectivity index (χ4v) is 4.18. The fraction of sp³-hybridized carbons (Fsp3) is 0.474. The Kier molecular flexibility index (Phi) is 3.15. The Bertz CT molecular complexity index is 683. The first-order valence-electron chi connectivity index (χ1n) is 8.26. The van der Waals surface area contributed by atoms with Crippen LogP contribution < -0.4 is 0 Å². The monoisotopic (exact) mass is 281 g/mol. The third kappa shape index (κ3) is 2.04. The van der Waals surface area contributed by atoms with E-state index in [-0.39, 0.29) is 6.10 Å². The van der Waals surface area contributed by atoms with Crippen LogP contribution in [0.25, 0.3) is 5.69 Å². The smallest absolute Gasteiger partial charge is 0.0807 e. The number of nitrogens with zero attached hydrogens (tertiary/aromatic N) is 1. The number of hydrogen-bond donors (Lipinski definition) is 1. The zero-order valence-electron chi connectivity index (χ0n) is 12.7. The molecule has 0 amide bonds. The SMILES string of the molecule is Cc1cc2c(n1-c1cccc3c1CCCC3)CCCC2O. The van der Waals surface area contributed by atoms with Gasteiger partial charge < -0.3 is 9.67 Å². The lowest BCUT2D eigenvalue weighted by Gasteiger charge is -2.24. The van der Waals surface area contributed by atoms with Gasteiger partial charge in [-0.2, -0.15) is 0 Å². The van der Waals surface area contributed by atoms with E-state index in [0.29, 0.717) is 0 Å². The zero-order chi connectivity index (χ0) is 14.4. The van der Waals surface area contributed by atoms with Gasteiger partial charge in [-0.1, -0.05) is 12.1 Å². The van der Waals surface area contributed by atoms with Crippen molar-refractivity contribution in [3.63, 3.8) is 0 Å². The van der Waals surface area contributed by atoms with Gasteiger partial charge in [0.05, 0.1) is 6.10 Å². The van der Waals surface area contributed by atoms with Gasteiger partial charge >= 0.3 is 0 Å². The molecule has 0 spiro atoms. The molecular formula is C19H23NO. The molecule has 1 aromatic heterocycles. The molecular weight excluding hydrogens is 258 g/mol. The first kappa shape index (κ1) is 13.1. The van der Waals surface area contributed by atoms with E-state index in [4.69, 9.17) is 0 Å². The summed E-state index contributed by atoms with van der Waals surface area (Å²) in [5, 5.41) is 10.3. The minimum Gasteiger partial charge on any atom is -0.388 e. The third-order valence-corrected chi connectivity index (χ3v) is 5.18. The van der Waals surface area contributed by atoms with Crippen LogP contribution in [0.15, 0.2) is 24.3 Å². The molecule has 0 saturated carbocycles. The Labute approximate surface area is 126 Å². The number of rotatable bonds is 1. The number of benzene rings is 1. The third-order valence-electron chi connectivity index (χ3n) is 5.18. The molecule has 1 N–H and O–H groups in total. The lowest BCUT2D eigenvalue weighted by Crippen LogP contribution is -2.14. The molecule has 0 fully saturated rings. The highest BCUT2D eigenvalue weighted by atomic mass is 16.3. The van der Waals surface area contributed by atoms with Gasteiger partial charge in [0, 0.05) is 22.6 Å². The van der Waals surface area contributed by atoms with Crippen LogP contribution in [0.4, 0.5) is 0 Å². The number of aliphatic hydroxyl groups excluding tert-OH is 1. The van der Waals surface area contributed by atoms with E-state index >= 15 is 0 Å². The molecule has 2 aliphatic carbocycles. The summed E-state index contributed by atoms with van der Waals surface area (Å²) in [6, 6.07) is 8.95. The quantitative estimate of drug-likeness (QED) is 0.838. The maximum absolute atomic E-state index is 10.3. The standard InChI is InChI=1S/C19H23NO/c1-13-12-16-18(10-5-11-19(16)21)20(13)17-9-4-7-14-6-2-3-8-15(14)17/h4,7,9,12,19,21H,2-3,5-6,8,10-11H2,1H3. The van der Waals surface area contributed by atoms with Gasteiger partial charge in [-0.15, -0.1) is 0 Å². The molecule has 110 valence electrons. The molecule has 1 atom stereocenters. The Hall–Kier alpha value is -1.54. The van der Waals surface area contributed by atoms with E-state index in [9.17, 15) is 5.11 Å². The molecule has 2 nitrogen and oxygen atoms in total. The minimum absolute atomic E-state index is 0.270. The number of aromatic nitrogens is 1. The van der Waals surface area contributed by atoms with Crippen LogP contribution >= 0.6 is 0 Å². The molecule has 1 heterocycles. The molecule has 0 saturated heterocycles. The van der Waals surface area contributed by atoms with Gasteiger partial charge in [-0.3, -0.25) is 0 Å². The summed E-state index contributed by atoms with van der Waals surface area (Å²) in [5.41, 5.74) is 8.18. The first-order chi connectivity index (χ1) is 10.3. The van der Waals surface area contributed by atoms with Gasteiger partial charge in [0.15, 0.2) is 0 Å². The highest BCUT2D eigenvalue weighted by Gasteiger charge is 2.25. The Morgan fingerprint density at radius 1 is 1.10 bits per heavy atom. The number of fused-ring (bicyclic) bond motifs is 2. The van der Waals surface area contributed by atoms with Gasteiger partial charge in [-0.05, 0) is 75.1 Å². The fourth-order valence-electron chi connectivity index (χ4n) is 4.18. The molecule has 0 aliphatic heterocycles. The lowest BCUT2D eigenvalue weighted by atomic mass is 9.90. The molecule has 21 heavy (non-hydrogen) atoms. The van der Waals surface area contributed by atoms with E-state index in [1.165, 1.54) is 53.9 Å². The van der Waals surface area contributed by atoms with Crippen molar-refractivity contribution < 1.29 is 5.11 Å².